The molecule has 0 saturated heterocycles. The monoisotopic (exact) mass is 456 g/mol. The van der Waals surface area contributed by atoms with Crippen LogP contribution in [0.4, 0.5) is 11.4 Å². The number of carbonyl (C=O) groups is 2. The molecule has 1 fully saturated rings. The van der Waals surface area contributed by atoms with Crippen LogP contribution < -0.4 is 10.1 Å². The number of aromatic nitrogens is 1. The lowest BCUT2D eigenvalue weighted by Gasteiger charge is -2.11. The summed E-state index contributed by atoms with van der Waals surface area (Å²) in [6.07, 6.45) is 3.68. The van der Waals surface area contributed by atoms with Crippen LogP contribution in [0.3, 0.4) is 0 Å². The standard InChI is InChI=1S/C21H20N4O6S/c1-3-30-13-6-7-16(18(8-13)25(28)29)23-19(26)11-31-21(27)14-9-17(12-4-5-12)24-20(32-2)15(14)10-22/h6-9,12H,3-5,11H2,1-2H3,(H,23,26). The van der Waals surface area contributed by atoms with Crippen molar-refractivity contribution in [2.75, 3.05) is 24.8 Å². The van der Waals surface area contributed by atoms with Crippen molar-refractivity contribution < 1.29 is 24.0 Å². The van der Waals surface area contributed by atoms with Crippen LogP contribution in [0.15, 0.2) is 29.3 Å². The Labute approximate surface area is 188 Å². The number of esters is 1. The average molecular weight is 456 g/mol. The molecular formula is C21H20N4O6S. The fourth-order valence-electron chi connectivity index (χ4n) is 2.97. The quantitative estimate of drug-likeness (QED) is 0.259. The summed E-state index contributed by atoms with van der Waals surface area (Å²) in [7, 11) is 0. The number of nitrogens with zero attached hydrogens (tertiary/aromatic N) is 3. The van der Waals surface area contributed by atoms with Crippen LogP contribution in [0.25, 0.3) is 0 Å². The molecule has 1 aliphatic rings. The van der Waals surface area contributed by atoms with Crippen molar-refractivity contribution in [1.29, 1.82) is 5.26 Å². The van der Waals surface area contributed by atoms with E-state index < -0.39 is 23.4 Å². The van der Waals surface area contributed by atoms with Crippen LogP contribution in [0, 0.1) is 21.4 Å². The Hall–Kier alpha value is -3.65. The van der Waals surface area contributed by atoms with Gasteiger partial charge in [0, 0.05) is 11.6 Å². The van der Waals surface area contributed by atoms with Crippen LogP contribution in [0.5, 0.6) is 5.75 Å². The lowest BCUT2D eigenvalue weighted by Crippen LogP contribution is -2.22. The van der Waals surface area contributed by atoms with Crippen LogP contribution in [0.2, 0.25) is 0 Å². The third-order valence-corrected chi connectivity index (χ3v) is 5.29. The number of nitro groups is 1. The molecule has 1 heterocycles. The van der Waals surface area contributed by atoms with Gasteiger partial charge in [0.1, 0.15) is 22.5 Å². The molecule has 1 aliphatic carbocycles. The van der Waals surface area contributed by atoms with Crippen molar-refractivity contribution in [1.82, 2.24) is 4.98 Å². The molecule has 0 radical (unpaired) electrons. The molecule has 0 spiro atoms. The first kappa shape index (κ1) is 23.0. The first-order chi connectivity index (χ1) is 15.4. The number of amides is 1. The highest BCUT2D eigenvalue weighted by Crippen LogP contribution is 2.40. The Kier molecular flexibility index (Phi) is 7.27. The summed E-state index contributed by atoms with van der Waals surface area (Å²) < 4.78 is 10.3. The third kappa shape index (κ3) is 5.33. The van der Waals surface area contributed by atoms with Gasteiger partial charge in [-0.1, -0.05) is 0 Å². The zero-order chi connectivity index (χ0) is 23.3. The van der Waals surface area contributed by atoms with Crippen LogP contribution in [-0.2, 0) is 9.53 Å². The first-order valence-electron chi connectivity index (χ1n) is 9.75. The molecule has 1 amide bonds. The molecule has 32 heavy (non-hydrogen) atoms. The molecule has 1 aromatic carbocycles. The van der Waals surface area contributed by atoms with Crippen LogP contribution in [-0.4, -0.2) is 41.3 Å². The summed E-state index contributed by atoms with van der Waals surface area (Å²) in [6.45, 7) is 1.40. The average Bonchev–Trinajstić information content (AvgIpc) is 3.63. The number of hydrogen-bond acceptors (Lipinski definition) is 9. The number of nitrogens with one attached hydrogen (secondary N) is 1. The van der Waals surface area contributed by atoms with Crippen molar-refractivity contribution in [2.45, 2.75) is 30.7 Å². The van der Waals surface area contributed by atoms with Crippen LogP contribution in [0.1, 0.15) is 47.3 Å². The van der Waals surface area contributed by atoms with Crippen molar-refractivity contribution >= 4 is 35.0 Å². The Morgan fingerprint density at radius 2 is 2.12 bits per heavy atom. The van der Waals surface area contributed by atoms with Gasteiger partial charge >= 0.3 is 5.97 Å². The molecule has 1 saturated carbocycles. The van der Waals surface area contributed by atoms with E-state index in [4.69, 9.17) is 9.47 Å². The second kappa shape index (κ2) is 10.1. The van der Waals surface area contributed by atoms with Crippen molar-refractivity contribution in [2.24, 2.45) is 0 Å². The molecule has 0 atom stereocenters. The number of thioether (sulfide) groups is 1. The fourth-order valence-corrected chi connectivity index (χ4v) is 3.52. The highest BCUT2D eigenvalue weighted by molar-refractivity contribution is 7.98. The fraction of sp³-hybridized carbons (Fsp3) is 0.333. The van der Waals surface area contributed by atoms with Gasteiger partial charge in [-0.3, -0.25) is 14.9 Å². The second-order valence-corrected chi connectivity index (χ2v) is 7.65. The zero-order valence-corrected chi connectivity index (χ0v) is 18.2. The van der Waals surface area contributed by atoms with Crippen LogP contribution >= 0.6 is 11.8 Å². The molecule has 166 valence electrons. The minimum absolute atomic E-state index is 0.0496. The number of nitriles is 1. The number of rotatable bonds is 9. The molecule has 1 aromatic heterocycles. The molecule has 1 N–H and O–H groups in total. The molecule has 10 nitrogen and oxygen atoms in total. The van der Waals surface area contributed by atoms with Gasteiger partial charge < -0.3 is 14.8 Å². The number of ether oxygens (including phenoxy) is 2. The van der Waals surface area contributed by atoms with Crippen molar-refractivity contribution in [3.05, 3.63) is 51.2 Å². The van der Waals surface area contributed by atoms with Gasteiger partial charge in [-0.2, -0.15) is 5.26 Å². The number of carbonyl (C=O) groups excluding carboxylic acids is 2. The largest absolute Gasteiger partial charge is 0.494 e. The molecule has 3 rings (SSSR count). The number of pyridine rings is 1. The highest BCUT2D eigenvalue weighted by Gasteiger charge is 2.29. The summed E-state index contributed by atoms with van der Waals surface area (Å²) >= 11 is 1.25. The third-order valence-electron chi connectivity index (χ3n) is 4.61. The zero-order valence-electron chi connectivity index (χ0n) is 17.4. The smallest absolute Gasteiger partial charge is 0.340 e. The summed E-state index contributed by atoms with van der Waals surface area (Å²) in [5, 5.41) is 23.6. The van der Waals surface area contributed by atoms with E-state index in [0.29, 0.717) is 17.4 Å². The second-order valence-electron chi connectivity index (χ2n) is 6.86. The Bertz CT molecular complexity index is 1110. The van der Waals surface area contributed by atoms with Gasteiger partial charge in [0.25, 0.3) is 11.6 Å². The molecular weight excluding hydrogens is 436 g/mol. The van der Waals surface area contributed by atoms with E-state index in [9.17, 15) is 25.0 Å². The molecule has 0 unspecified atom stereocenters. The summed E-state index contributed by atoms with van der Waals surface area (Å²) in [5.74, 6) is -1.05. The summed E-state index contributed by atoms with van der Waals surface area (Å²) in [5.41, 5.74) is 0.454. The molecule has 0 bridgehead atoms. The van der Waals surface area contributed by atoms with E-state index in [-0.39, 0.29) is 28.4 Å². The summed E-state index contributed by atoms with van der Waals surface area (Å²) in [6, 6.07) is 7.53. The van der Waals surface area contributed by atoms with E-state index in [2.05, 4.69) is 10.3 Å². The maximum absolute atomic E-state index is 12.6. The number of nitro benzene ring substituents is 1. The van der Waals surface area contributed by atoms with Gasteiger partial charge in [-0.05, 0) is 44.2 Å². The lowest BCUT2D eigenvalue weighted by atomic mass is 10.1. The van der Waals surface area contributed by atoms with Gasteiger partial charge in [-0.25, -0.2) is 9.78 Å². The first-order valence-corrected chi connectivity index (χ1v) is 11.0. The lowest BCUT2D eigenvalue weighted by molar-refractivity contribution is -0.384. The predicted molar refractivity (Wildman–Crippen MR) is 116 cm³/mol. The predicted octanol–water partition coefficient (Wildman–Crippen LogP) is 3.65. The number of benzene rings is 1. The Balaban J connectivity index is 1.72. The van der Waals surface area contributed by atoms with Gasteiger partial charge in [-0.15, -0.1) is 11.8 Å². The minimum atomic E-state index is -0.836. The van der Waals surface area contributed by atoms with E-state index in [0.717, 1.165) is 18.5 Å². The minimum Gasteiger partial charge on any atom is -0.494 e. The van der Waals surface area contributed by atoms with Gasteiger partial charge in [0.15, 0.2) is 6.61 Å². The van der Waals surface area contributed by atoms with Crippen molar-refractivity contribution in [3.8, 4) is 11.8 Å². The number of anilines is 1. The van der Waals surface area contributed by atoms with Crippen molar-refractivity contribution in [3.63, 3.8) is 0 Å². The van der Waals surface area contributed by atoms with Gasteiger partial charge in [0.05, 0.1) is 28.7 Å². The topological polar surface area (TPSA) is 144 Å². The Morgan fingerprint density at radius 3 is 2.72 bits per heavy atom. The van der Waals surface area contributed by atoms with E-state index >= 15 is 0 Å². The Morgan fingerprint density at radius 1 is 1.38 bits per heavy atom. The highest BCUT2D eigenvalue weighted by atomic mass is 32.2. The normalized spacial score (nSPS) is 12.5. The molecule has 0 aliphatic heterocycles. The van der Waals surface area contributed by atoms with Gasteiger partial charge in [0.2, 0.25) is 0 Å². The van der Waals surface area contributed by atoms with E-state index in [1.54, 1.807) is 13.2 Å². The van der Waals surface area contributed by atoms with E-state index in [1.165, 1.54) is 36.0 Å². The maximum Gasteiger partial charge on any atom is 0.340 e. The SMILES string of the molecule is CCOc1ccc(NC(=O)COC(=O)c2cc(C3CC3)nc(SC)c2C#N)c([N+](=O)[O-])c1. The summed E-state index contributed by atoms with van der Waals surface area (Å²) in [4.78, 5) is 40.0. The number of hydrogen-bond donors (Lipinski definition) is 1. The maximum atomic E-state index is 12.6. The molecule has 11 heteroatoms. The molecule has 2 aromatic rings. The van der Waals surface area contributed by atoms with E-state index in [1.807, 2.05) is 6.07 Å².